The van der Waals surface area contributed by atoms with Gasteiger partial charge in [-0.2, -0.15) is 38.4 Å². The van der Waals surface area contributed by atoms with Gasteiger partial charge in [-0.1, -0.05) is 44.7 Å². The Hall–Kier alpha value is -1.20. The number of aryl methyl sites for hydroxylation is 1. The van der Waals surface area contributed by atoms with Gasteiger partial charge in [0.25, 0.3) is 0 Å². The van der Waals surface area contributed by atoms with Crippen molar-refractivity contribution in [3.8, 4) is 0 Å². The number of alkyl halides is 6. The van der Waals surface area contributed by atoms with E-state index in [1.54, 1.807) is 13.0 Å². The summed E-state index contributed by atoms with van der Waals surface area (Å²) >= 11 is 0. The molecule has 0 radical (unpaired) electrons. The van der Waals surface area contributed by atoms with E-state index in [4.69, 9.17) is 0 Å². The van der Waals surface area contributed by atoms with E-state index >= 15 is 0 Å². The van der Waals surface area contributed by atoms with Crippen LogP contribution >= 0.6 is 10.3 Å². The van der Waals surface area contributed by atoms with E-state index in [0.717, 1.165) is 18.9 Å². The Morgan fingerprint density at radius 3 is 2.13 bits per heavy atom. The van der Waals surface area contributed by atoms with Gasteiger partial charge in [-0.3, -0.25) is 0 Å². The van der Waals surface area contributed by atoms with Crippen LogP contribution in [0.15, 0.2) is 28.0 Å². The first kappa shape index (κ1) is 23.5. The number of rotatable bonds is 4. The molecule has 0 saturated heterocycles. The molecule has 11 heteroatoms. The Kier molecular flexibility index (Phi) is 6.30. The van der Waals surface area contributed by atoms with Crippen LogP contribution in [0.1, 0.15) is 56.6 Å². The van der Waals surface area contributed by atoms with Gasteiger partial charge < -0.3 is 0 Å². The third-order valence-corrected chi connectivity index (χ3v) is 10.3. The van der Waals surface area contributed by atoms with Crippen molar-refractivity contribution in [3.63, 3.8) is 0 Å². The summed E-state index contributed by atoms with van der Waals surface area (Å²) in [7, 11) is -11.4. The molecule has 1 saturated carbocycles. The molecule has 0 N–H and O–H groups in total. The number of hydrogen-bond acceptors (Lipinski definition) is 3. The zero-order chi connectivity index (χ0) is 22.4. The van der Waals surface area contributed by atoms with Gasteiger partial charge in [0.15, 0.2) is 0 Å². The van der Waals surface area contributed by atoms with Gasteiger partial charge in [0, 0.05) is 20.1 Å². The molecule has 1 aliphatic carbocycles. The minimum Gasteiger partial charge on any atom is -0.196 e. The van der Waals surface area contributed by atoms with E-state index in [1.807, 2.05) is 0 Å². The second kappa shape index (κ2) is 8.05. The lowest BCUT2D eigenvalue weighted by molar-refractivity contribution is -0.0547. The van der Waals surface area contributed by atoms with Crippen molar-refractivity contribution in [1.29, 1.82) is 0 Å². The highest BCUT2D eigenvalue weighted by Crippen LogP contribution is 2.80. The summed E-state index contributed by atoms with van der Waals surface area (Å²) in [6.45, 7) is 1.69. The van der Waals surface area contributed by atoms with Crippen molar-refractivity contribution in [2.45, 2.75) is 67.8 Å². The molecule has 1 unspecified atom stereocenters. The molecule has 170 valence electrons. The van der Waals surface area contributed by atoms with E-state index in [0.29, 0.717) is 37.7 Å². The van der Waals surface area contributed by atoms with Crippen LogP contribution in [0.2, 0.25) is 0 Å². The molecule has 0 aromatic heterocycles. The minimum absolute atomic E-state index is 0.0659. The summed E-state index contributed by atoms with van der Waals surface area (Å²) < 4.78 is 111. The fraction of sp³-hybridized carbons (Fsp3) is 0.579. The van der Waals surface area contributed by atoms with Gasteiger partial charge in [0.1, 0.15) is 0 Å². The van der Waals surface area contributed by atoms with Gasteiger partial charge in [0.05, 0.1) is 0 Å². The zero-order valence-corrected chi connectivity index (χ0v) is 17.8. The monoisotopic (exact) mass is 476 g/mol. The molecule has 1 fully saturated rings. The fourth-order valence-corrected chi connectivity index (χ4v) is 8.84. The topological polar surface area (TPSA) is 43.4 Å². The molecule has 1 aliphatic heterocycles. The smallest absolute Gasteiger partial charge is 0.196 e. The minimum atomic E-state index is -6.49. The van der Waals surface area contributed by atoms with Crippen LogP contribution in [0, 0.1) is 5.92 Å². The summed E-state index contributed by atoms with van der Waals surface area (Å²) in [5.41, 5.74) is -10.8. The SMILES string of the molecule is CCc1ccc2c(c1)S(OS(=O)(=O)C(F)(F)F)(C(F)(F)F)C(C1CCCCCC1)=C2. The summed E-state index contributed by atoms with van der Waals surface area (Å²) in [6.07, 6.45) is 5.11. The zero-order valence-electron chi connectivity index (χ0n) is 16.1. The molecule has 30 heavy (non-hydrogen) atoms. The normalized spacial score (nSPS) is 25.9. The largest absolute Gasteiger partial charge is 0.523 e. The van der Waals surface area contributed by atoms with Gasteiger partial charge in [-0.25, -0.2) is 0 Å². The Labute approximate surface area is 173 Å². The van der Waals surface area contributed by atoms with Crippen LogP contribution < -0.4 is 0 Å². The van der Waals surface area contributed by atoms with E-state index in [-0.39, 0.29) is 10.5 Å². The lowest BCUT2D eigenvalue weighted by Gasteiger charge is -2.41. The second-order valence-corrected chi connectivity index (χ2v) is 11.8. The van der Waals surface area contributed by atoms with E-state index in [9.17, 15) is 34.8 Å². The molecule has 3 rings (SSSR count). The molecule has 0 spiro atoms. The first-order valence-corrected chi connectivity index (χ1v) is 12.6. The van der Waals surface area contributed by atoms with Crippen LogP contribution in [0.25, 0.3) is 6.08 Å². The highest BCUT2D eigenvalue weighted by molar-refractivity contribution is 8.37. The van der Waals surface area contributed by atoms with E-state index in [1.165, 1.54) is 12.1 Å². The highest BCUT2D eigenvalue weighted by atomic mass is 32.3. The van der Waals surface area contributed by atoms with Gasteiger partial charge in [-0.15, -0.1) is 0 Å². The molecule has 1 aromatic carbocycles. The van der Waals surface area contributed by atoms with Crippen molar-refractivity contribution in [1.82, 2.24) is 0 Å². The molecule has 3 nitrogen and oxygen atoms in total. The van der Waals surface area contributed by atoms with Gasteiger partial charge in [0.2, 0.25) is 0 Å². The first-order chi connectivity index (χ1) is 13.8. The maximum atomic E-state index is 14.6. The molecule has 1 atom stereocenters. The summed E-state index contributed by atoms with van der Waals surface area (Å²) in [5, 5.41) is 0. The lowest BCUT2D eigenvalue weighted by Crippen LogP contribution is -2.33. The van der Waals surface area contributed by atoms with Crippen molar-refractivity contribution in [2.75, 3.05) is 0 Å². The van der Waals surface area contributed by atoms with E-state index in [2.05, 4.69) is 3.63 Å². The first-order valence-electron chi connectivity index (χ1n) is 9.60. The van der Waals surface area contributed by atoms with Crippen molar-refractivity contribution in [2.24, 2.45) is 5.92 Å². The van der Waals surface area contributed by atoms with Crippen molar-refractivity contribution in [3.05, 3.63) is 34.2 Å². The van der Waals surface area contributed by atoms with Crippen molar-refractivity contribution < 1.29 is 38.4 Å². The van der Waals surface area contributed by atoms with Gasteiger partial charge >= 0.3 is 21.1 Å². The summed E-state index contributed by atoms with van der Waals surface area (Å²) in [5.74, 6) is -0.690. The van der Waals surface area contributed by atoms with E-state index < -0.39 is 42.3 Å². The Bertz CT molecular complexity index is 929. The van der Waals surface area contributed by atoms with Crippen LogP contribution in [-0.2, 0) is 20.2 Å². The van der Waals surface area contributed by atoms with Crippen LogP contribution in [0.3, 0.4) is 0 Å². The highest BCUT2D eigenvalue weighted by Gasteiger charge is 2.65. The fourth-order valence-electron chi connectivity index (χ4n) is 3.99. The molecular formula is C19H22F6O3S2. The molecular weight excluding hydrogens is 454 g/mol. The maximum Gasteiger partial charge on any atom is 0.523 e. The predicted molar refractivity (Wildman–Crippen MR) is 103 cm³/mol. The summed E-state index contributed by atoms with van der Waals surface area (Å²) in [4.78, 5) is -0.880. The molecule has 1 heterocycles. The van der Waals surface area contributed by atoms with Crippen LogP contribution in [0.5, 0.6) is 0 Å². The number of benzene rings is 1. The Balaban J connectivity index is 2.27. The average molecular weight is 477 g/mol. The van der Waals surface area contributed by atoms with Crippen molar-refractivity contribution >= 4 is 26.5 Å². The molecule has 0 amide bonds. The van der Waals surface area contributed by atoms with Crippen LogP contribution in [0.4, 0.5) is 26.3 Å². The molecule has 2 aliphatic rings. The lowest BCUT2D eigenvalue weighted by atomic mass is 9.98. The predicted octanol–water partition coefficient (Wildman–Crippen LogP) is 7.04. The Morgan fingerprint density at radius 2 is 1.63 bits per heavy atom. The average Bonchev–Trinajstić information content (AvgIpc) is 2.80. The third-order valence-electron chi connectivity index (χ3n) is 5.48. The summed E-state index contributed by atoms with van der Waals surface area (Å²) in [6, 6.07) is 4.13. The second-order valence-electron chi connectivity index (χ2n) is 7.43. The molecule has 0 bridgehead atoms. The maximum absolute atomic E-state index is 14.6. The number of halogens is 6. The number of allylic oxidation sites excluding steroid dienone is 1. The number of hydrogen-bond donors (Lipinski definition) is 0. The third kappa shape index (κ3) is 4.00. The standard InChI is InChI=1S/C19H22F6O3S2/c1-2-13-9-10-15-12-17(14-7-5-3-4-6-8-14)29(16(15)11-13,18(20,21)22)28-30(26,27)19(23,24)25/h9-12,14H,2-8H2,1H3. The number of fused-ring (bicyclic) bond motifs is 1. The molecule has 1 aromatic rings. The Morgan fingerprint density at radius 1 is 1.03 bits per heavy atom. The quantitative estimate of drug-likeness (QED) is 0.266. The van der Waals surface area contributed by atoms with Gasteiger partial charge in [-0.05, 0) is 48.4 Å². The van der Waals surface area contributed by atoms with Crippen LogP contribution in [-0.4, -0.2) is 19.4 Å².